The van der Waals surface area contributed by atoms with Crippen molar-refractivity contribution in [2.75, 3.05) is 47.5 Å². The van der Waals surface area contributed by atoms with Crippen molar-refractivity contribution in [2.45, 2.75) is 334 Å². The Morgan fingerprint density at radius 3 is 0.989 bits per heavy atom. The molecule has 0 saturated heterocycles. The van der Waals surface area contributed by atoms with Crippen molar-refractivity contribution in [3.8, 4) is 0 Å². The molecule has 2 unspecified atom stereocenters. The van der Waals surface area contributed by atoms with Gasteiger partial charge >= 0.3 is 11.9 Å². The fraction of sp³-hybridized carbons (Fsp3) is 0.756. The molecule has 0 aliphatic carbocycles. The number of ether oxygens (including phenoxy) is 4. The zero-order valence-corrected chi connectivity index (χ0v) is 57.4. The van der Waals surface area contributed by atoms with Crippen LogP contribution in [0.5, 0.6) is 0 Å². The summed E-state index contributed by atoms with van der Waals surface area (Å²) < 4.78 is 22.8. The van der Waals surface area contributed by atoms with Crippen LogP contribution in [0.4, 0.5) is 0 Å². The lowest BCUT2D eigenvalue weighted by atomic mass is 10.0. The van der Waals surface area contributed by atoms with Gasteiger partial charge in [0.05, 0.1) is 40.3 Å². The van der Waals surface area contributed by atoms with Crippen molar-refractivity contribution >= 4 is 17.9 Å². The van der Waals surface area contributed by atoms with Gasteiger partial charge < -0.3 is 33.3 Å². The van der Waals surface area contributed by atoms with Crippen LogP contribution in [-0.4, -0.2) is 82.3 Å². The Bertz CT molecular complexity index is 1750. The molecular formula is C78H137NO8. The lowest BCUT2D eigenvalue weighted by molar-refractivity contribution is -0.870. The van der Waals surface area contributed by atoms with Crippen LogP contribution in [0, 0.1) is 0 Å². The van der Waals surface area contributed by atoms with E-state index in [1.165, 1.54) is 193 Å². The molecule has 0 rings (SSSR count). The molecule has 0 aromatic carbocycles. The molecule has 0 aromatic rings. The van der Waals surface area contributed by atoms with Crippen molar-refractivity contribution in [3.05, 3.63) is 97.2 Å². The van der Waals surface area contributed by atoms with Crippen LogP contribution >= 0.6 is 0 Å². The standard InChI is InChI=1S/C78H137NO8/c1-6-8-10-12-14-16-18-20-22-24-26-28-30-32-34-35-36-37-38-39-40-41-43-44-46-48-50-52-54-56-58-60-62-64-66-68-75(80)85-72-74(73-86-78(77(82)83)84-71-70-79(3,4)5)87-76(81)69-67-65-63-61-59-57-55-53-51-49-47-45-42-33-31-29-27-25-23-21-19-17-15-13-11-9-7-2/h9,11,15,17,21,23-24,26-27,29,33,42,47,49,53,55,74,78H,6-8,10,12-14,16,18-20,22,25,28,30-32,34-41,43-46,48,50-52,54,56-73H2,1-5H3/b11-9-,17-15-,23-21-,26-24-,29-27-,42-33-,49-47-,55-53-. The second-order valence-corrected chi connectivity index (χ2v) is 25.5. The van der Waals surface area contributed by atoms with Crippen LogP contribution in [0.1, 0.15) is 322 Å². The number of likely N-dealkylation sites (N-methyl/N-ethyl adjacent to an activating group) is 1. The molecule has 502 valence electrons. The predicted molar refractivity (Wildman–Crippen MR) is 371 cm³/mol. The quantitative estimate of drug-likeness (QED) is 0.0195. The molecule has 0 amide bonds. The number of allylic oxidation sites excluding steroid dienone is 16. The van der Waals surface area contributed by atoms with Gasteiger partial charge in [0.15, 0.2) is 12.4 Å². The van der Waals surface area contributed by atoms with Gasteiger partial charge in [-0.2, -0.15) is 0 Å². The number of unbranched alkanes of at least 4 members (excludes halogenated alkanes) is 36. The summed E-state index contributed by atoms with van der Waals surface area (Å²) in [6.07, 6.45) is 90.8. The van der Waals surface area contributed by atoms with Gasteiger partial charge in [0.25, 0.3) is 0 Å². The lowest BCUT2D eigenvalue weighted by Crippen LogP contribution is -2.44. The fourth-order valence-corrected chi connectivity index (χ4v) is 10.3. The molecule has 0 aliphatic heterocycles. The number of esters is 2. The molecule has 9 heteroatoms. The van der Waals surface area contributed by atoms with E-state index < -0.39 is 24.3 Å². The number of nitrogens with zero attached hydrogens (tertiary/aromatic N) is 1. The first kappa shape index (κ1) is 83.2. The molecule has 0 fully saturated rings. The summed E-state index contributed by atoms with van der Waals surface area (Å²) in [6, 6.07) is 0. The van der Waals surface area contributed by atoms with Gasteiger partial charge in [0, 0.05) is 12.8 Å². The third kappa shape index (κ3) is 69.5. The van der Waals surface area contributed by atoms with Gasteiger partial charge in [0.2, 0.25) is 0 Å². The van der Waals surface area contributed by atoms with E-state index in [2.05, 4.69) is 111 Å². The zero-order valence-electron chi connectivity index (χ0n) is 57.4. The highest BCUT2D eigenvalue weighted by atomic mass is 16.7. The molecular weight excluding hydrogens is 1080 g/mol. The molecule has 0 heterocycles. The maximum absolute atomic E-state index is 12.9. The van der Waals surface area contributed by atoms with E-state index in [-0.39, 0.29) is 38.6 Å². The van der Waals surface area contributed by atoms with E-state index in [1.54, 1.807) is 0 Å². The zero-order chi connectivity index (χ0) is 63.3. The average Bonchev–Trinajstić information content (AvgIpc) is 3.56. The normalized spacial score (nSPS) is 13.3. The van der Waals surface area contributed by atoms with E-state index >= 15 is 0 Å². The summed E-state index contributed by atoms with van der Waals surface area (Å²) in [5.74, 6) is -2.30. The number of hydrogen-bond donors (Lipinski definition) is 0. The van der Waals surface area contributed by atoms with E-state index in [0.717, 1.165) is 96.3 Å². The summed E-state index contributed by atoms with van der Waals surface area (Å²) in [5.41, 5.74) is 0. The molecule has 0 N–H and O–H groups in total. The summed E-state index contributed by atoms with van der Waals surface area (Å²) >= 11 is 0. The summed E-state index contributed by atoms with van der Waals surface area (Å²) in [4.78, 5) is 37.5. The Hall–Kier alpha value is -3.79. The minimum Gasteiger partial charge on any atom is -0.545 e. The number of carboxylic acids is 1. The Morgan fingerprint density at radius 2 is 0.655 bits per heavy atom. The lowest BCUT2D eigenvalue weighted by Gasteiger charge is -2.26. The molecule has 87 heavy (non-hydrogen) atoms. The van der Waals surface area contributed by atoms with Crippen molar-refractivity contribution < 1.29 is 42.9 Å². The molecule has 0 bridgehead atoms. The topological polar surface area (TPSA) is 111 Å². The van der Waals surface area contributed by atoms with Gasteiger partial charge in [-0.05, 0) is 96.3 Å². The van der Waals surface area contributed by atoms with E-state index in [9.17, 15) is 19.5 Å². The minimum absolute atomic E-state index is 0.140. The van der Waals surface area contributed by atoms with Gasteiger partial charge in [-0.3, -0.25) is 9.59 Å². The Balaban J connectivity index is 4.10. The van der Waals surface area contributed by atoms with Crippen LogP contribution < -0.4 is 5.11 Å². The highest BCUT2D eigenvalue weighted by Gasteiger charge is 2.22. The maximum atomic E-state index is 12.9. The second-order valence-electron chi connectivity index (χ2n) is 25.5. The van der Waals surface area contributed by atoms with Crippen LogP contribution in [0.2, 0.25) is 0 Å². The number of aliphatic carboxylic acids is 1. The van der Waals surface area contributed by atoms with Crippen LogP contribution in [-0.2, 0) is 33.3 Å². The van der Waals surface area contributed by atoms with E-state index in [0.29, 0.717) is 17.4 Å². The number of carboxylic acid groups (broad SMARTS) is 1. The molecule has 0 spiro atoms. The first-order valence-electron chi connectivity index (χ1n) is 36.4. The fourth-order valence-electron chi connectivity index (χ4n) is 10.3. The number of carbonyl (C=O) groups excluding carboxylic acids is 3. The first-order chi connectivity index (χ1) is 42.6. The Labute approximate surface area is 537 Å². The SMILES string of the molecule is CC/C=C\C/C=C\C/C=C\C/C=C\C/C=C\C/C=C\C/C=C\CCCCCCCC(=O)OC(COC(=O)CCCCCCCCCCCCCCCCCCCCCCCCC/C=C\CCCCCCCCCC)COC(OCC[N+](C)(C)C)C(=O)[O-]. The number of carbonyl (C=O) groups is 3. The van der Waals surface area contributed by atoms with Crippen LogP contribution in [0.15, 0.2) is 97.2 Å². The van der Waals surface area contributed by atoms with Gasteiger partial charge in [-0.25, -0.2) is 0 Å². The van der Waals surface area contributed by atoms with E-state index in [4.69, 9.17) is 18.9 Å². The number of hydrogen-bond acceptors (Lipinski definition) is 8. The number of quaternary nitrogens is 1. The number of rotatable bonds is 67. The highest BCUT2D eigenvalue weighted by molar-refractivity contribution is 5.70. The maximum Gasteiger partial charge on any atom is 0.306 e. The summed E-state index contributed by atoms with van der Waals surface area (Å²) in [6.45, 7) is 4.64. The van der Waals surface area contributed by atoms with Crippen molar-refractivity contribution in [1.82, 2.24) is 0 Å². The van der Waals surface area contributed by atoms with Crippen molar-refractivity contribution in [3.63, 3.8) is 0 Å². The molecule has 9 nitrogen and oxygen atoms in total. The minimum atomic E-state index is -1.63. The predicted octanol–water partition coefficient (Wildman–Crippen LogP) is 21.5. The molecule has 0 aliphatic rings. The summed E-state index contributed by atoms with van der Waals surface area (Å²) in [7, 11) is 5.92. The van der Waals surface area contributed by atoms with Gasteiger partial charge in [-0.15, -0.1) is 0 Å². The molecule has 2 atom stereocenters. The van der Waals surface area contributed by atoms with Crippen molar-refractivity contribution in [1.29, 1.82) is 0 Å². The van der Waals surface area contributed by atoms with Crippen LogP contribution in [0.25, 0.3) is 0 Å². The summed E-state index contributed by atoms with van der Waals surface area (Å²) in [5, 5.41) is 11.8. The molecule has 0 aromatic heterocycles. The largest absolute Gasteiger partial charge is 0.545 e. The second kappa shape index (κ2) is 68.1. The average molecular weight is 1220 g/mol. The molecule has 0 radical (unpaired) electrons. The van der Waals surface area contributed by atoms with Gasteiger partial charge in [0.1, 0.15) is 13.2 Å². The van der Waals surface area contributed by atoms with E-state index in [1.807, 2.05) is 21.1 Å². The van der Waals surface area contributed by atoms with Crippen molar-refractivity contribution in [2.24, 2.45) is 0 Å². The third-order valence-corrected chi connectivity index (χ3v) is 15.8. The van der Waals surface area contributed by atoms with Crippen LogP contribution in [0.3, 0.4) is 0 Å². The highest BCUT2D eigenvalue weighted by Crippen LogP contribution is 2.18. The smallest absolute Gasteiger partial charge is 0.306 e. The third-order valence-electron chi connectivity index (χ3n) is 15.8. The van der Waals surface area contributed by atoms with Gasteiger partial charge in [-0.1, -0.05) is 310 Å². The first-order valence-corrected chi connectivity index (χ1v) is 36.4. The monoisotopic (exact) mass is 1220 g/mol. The Morgan fingerprint density at radius 1 is 0.356 bits per heavy atom. The molecule has 0 saturated carbocycles. The Kier molecular flexibility index (Phi) is 65.2.